The average molecular weight is 446 g/mol. The fraction of sp³-hybridized carbons (Fsp3) is 0.200. The van der Waals surface area contributed by atoms with Gasteiger partial charge in [-0.15, -0.1) is 0 Å². The highest BCUT2D eigenvalue weighted by molar-refractivity contribution is 6.30. The second kappa shape index (κ2) is 8.20. The topological polar surface area (TPSA) is 79.4 Å². The molecule has 2 aliphatic rings. The van der Waals surface area contributed by atoms with Crippen molar-refractivity contribution in [3.8, 4) is 11.1 Å². The molecule has 1 fully saturated rings. The standard InChI is InChI=1S/C25H20ClN3O3/c26-17-8-10-22(27-13-17)28-24(31)16-4-3-11-29(14-16)25(32)15-7-9-19-18-5-1-2-6-20(18)23(30)21(19)12-15/h1-2,5-10,12-13,16H,3-4,11,14H2,(H,27,28,31). The van der Waals surface area contributed by atoms with E-state index in [1.165, 1.54) is 6.20 Å². The number of halogens is 1. The van der Waals surface area contributed by atoms with Crippen LogP contribution in [-0.2, 0) is 4.79 Å². The summed E-state index contributed by atoms with van der Waals surface area (Å²) in [5.74, 6) is -0.294. The molecule has 0 bridgehead atoms. The van der Waals surface area contributed by atoms with Crippen LogP contribution in [0.5, 0.6) is 0 Å². The van der Waals surface area contributed by atoms with E-state index < -0.39 is 0 Å². The summed E-state index contributed by atoms with van der Waals surface area (Å²) >= 11 is 5.84. The molecule has 0 saturated carbocycles. The zero-order valence-electron chi connectivity index (χ0n) is 17.2. The molecule has 1 saturated heterocycles. The first kappa shape index (κ1) is 20.4. The van der Waals surface area contributed by atoms with Gasteiger partial charge >= 0.3 is 0 Å². The summed E-state index contributed by atoms with van der Waals surface area (Å²) in [6.07, 6.45) is 2.90. The number of pyridine rings is 1. The van der Waals surface area contributed by atoms with E-state index in [9.17, 15) is 14.4 Å². The third-order valence-corrected chi connectivity index (χ3v) is 6.25. The summed E-state index contributed by atoms with van der Waals surface area (Å²) in [6.45, 7) is 0.899. The number of ketones is 1. The van der Waals surface area contributed by atoms with Crippen molar-refractivity contribution in [3.63, 3.8) is 0 Å². The number of aromatic nitrogens is 1. The van der Waals surface area contributed by atoms with Gasteiger partial charge in [-0.2, -0.15) is 0 Å². The molecule has 160 valence electrons. The van der Waals surface area contributed by atoms with Crippen LogP contribution < -0.4 is 5.32 Å². The molecule has 2 aromatic carbocycles. The Morgan fingerprint density at radius 2 is 1.78 bits per heavy atom. The molecular formula is C25H20ClN3O3. The summed E-state index contributed by atoms with van der Waals surface area (Å²) in [5, 5.41) is 3.29. The van der Waals surface area contributed by atoms with Crippen LogP contribution in [0, 0.1) is 5.92 Å². The van der Waals surface area contributed by atoms with E-state index in [0.29, 0.717) is 47.0 Å². The van der Waals surface area contributed by atoms with Crippen molar-refractivity contribution in [1.29, 1.82) is 0 Å². The van der Waals surface area contributed by atoms with Crippen molar-refractivity contribution < 1.29 is 14.4 Å². The first-order valence-corrected chi connectivity index (χ1v) is 10.9. The molecule has 32 heavy (non-hydrogen) atoms. The zero-order valence-corrected chi connectivity index (χ0v) is 17.9. The third-order valence-electron chi connectivity index (χ3n) is 6.03. The Kier molecular flexibility index (Phi) is 5.23. The number of amides is 2. The lowest BCUT2D eigenvalue weighted by atomic mass is 9.96. The number of anilines is 1. The second-order valence-electron chi connectivity index (χ2n) is 8.08. The summed E-state index contributed by atoms with van der Waals surface area (Å²) < 4.78 is 0. The number of rotatable bonds is 3. The molecule has 1 aliphatic heterocycles. The molecule has 1 unspecified atom stereocenters. The number of likely N-dealkylation sites (tertiary alicyclic amines) is 1. The molecule has 0 spiro atoms. The maximum Gasteiger partial charge on any atom is 0.253 e. The van der Waals surface area contributed by atoms with Gasteiger partial charge in [0.1, 0.15) is 5.82 Å². The summed E-state index contributed by atoms with van der Waals surface area (Å²) in [4.78, 5) is 44.5. The smallest absolute Gasteiger partial charge is 0.253 e. The van der Waals surface area contributed by atoms with E-state index in [1.807, 2.05) is 30.3 Å². The van der Waals surface area contributed by atoms with Gasteiger partial charge < -0.3 is 10.2 Å². The van der Waals surface area contributed by atoms with Crippen molar-refractivity contribution in [3.05, 3.63) is 82.5 Å². The molecule has 1 aromatic heterocycles. The first-order chi connectivity index (χ1) is 15.5. The summed E-state index contributed by atoms with van der Waals surface area (Å²) in [7, 11) is 0. The predicted octanol–water partition coefficient (Wildman–Crippen LogP) is 4.44. The Hall–Kier alpha value is -3.51. The number of carbonyl (C=O) groups excluding carboxylic acids is 3. The molecule has 3 aromatic rings. The van der Waals surface area contributed by atoms with Crippen LogP contribution in [0.3, 0.4) is 0 Å². The van der Waals surface area contributed by atoms with Crippen molar-refractivity contribution in [2.75, 3.05) is 18.4 Å². The van der Waals surface area contributed by atoms with Crippen LogP contribution >= 0.6 is 11.6 Å². The average Bonchev–Trinajstić information content (AvgIpc) is 3.12. The molecule has 0 radical (unpaired) electrons. The number of nitrogens with zero attached hydrogens (tertiary/aromatic N) is 2. The Balaban J connectivity index is 1.31. The second-order valence-corrected chi connectivity index (χ2v) is 8.51. The maximum absolute atomic E-state index is 13.2. The molecule has 5 rings (SSSR count). The Bertz CT molecular complexity index is 1240. The van der Waals surface area contributed by atoms with E-state index >= 15 is 0 Å². The highest BCUT2D eigenvalue weighted by atomic mass is 35.5. The summed E-state index contributed by atoms with van der Waals surface area (Å²) in [5.41, 5.74) is 3.44. The van der Waals surface area contributed by atoms with Crippen molar-refractivity contribution in [1.82, 2.24) is 9.88 Å². The molecular weight excluding hydrogens is 426 g/mol. The normalized spacial score (nSPS) is 17.0. The number of hydrogen-bond acceptors (Lipinski definition) is 4. The molecule has 1 N–H and O–H groups in total. The SMILES string of the molecule is O=C1c2ccccc2-c2ccc(C(=O)N3CCCC(C(=O)Nc4ccc(Cl)cn4)C3)cc21. The quantitative estimate of drug-likeness (QED) is 0.505. The number of hydrogen-bond donors (Lipinski definition) is 1. The van der Waals surface area contributed by atoms with Crippen LogP contribution in [0.1, 0.15) is 39.1 Å². The van der Waals surface area contributed by atoms with Crippen LogP contribution in [0.25, 0.3) is 11.1 Å². The monoisotopic (exact) mass is 445 g/mol. The minimum Gasteiger partial charge on any atom is -0.338 e. The summed E-state index contributed by atoms with van der Waals surface area (Å²) in [6, 6.07) is 16.1. The highest BCUT2D eigenvalue weighted by Gasteiger charge is 2.31. The van der Waals surface area contributed by atoms with Crippen LogP contribution in [0.15, 0.2) is 60.8 Å². The minimum absolute atomic E-state index is 0.0587. The van der Waals surface area contributed by atoms with Gasteiger partial charge in [0, 0.05) is 36.0 Å². The lowest BCUT2D eigenvalue weighted by Gasteiger charge is -2.32. The lowest BCUT2D eigenvalue weighted by molar-refractivity contribution is -0.121. The number of nitrogens with one attached hydrogen (secondary N) is 1. The predicted molar refractivity (Wildman–Crippen MR) is 122 cm³/mol. The van der Waals surface area contributed by atoms with Gasteiger partial charge in [-0.1, -0.05) is 41.9 Å². The van der Waals surface area contributed by atoms with E-state index in [1.54, 1.807) is 29.2 Å². The zero-order chi connectivity index (χ0) is 22.2. The van der Waals surface area contributed by atoms with Crippen molar-refractivity contribution >= 4 is 35.0 Å². The number of fused-ring (bicyclic) bond motifs is 3. The van der Waals surface area contributed by atoms with Gasteiger partial charge in [0.25, 0.3) is 5.91 Å². The molecule has 1 aliphatic carbocycles. The van der Waals surface area contributed by atoms with E-state index in [2.05, 4.69) is 10.3 Å². The molecule has 1 atom stereocenters. The van der Waals surface area contributed by atoms with Gasteiger partial charge in [-0.25, -0.2) is 4.98 Å². The van der Waals surface area contributed by atoms with Gasteiger partial charge in [0.05, 0.1) is 10.9 Å². The fourth-order valence-electron chi connectivity index (χ4n) is 4.40. The fourth-order valence-corrected chi connectivity index (χ4v) is 4.51. The van der Waals surface area contributed by atoms with Gasteiger partial charge in [0.15, 0.2) is 5.78 Å². The van der Waals surface area contributed by atoms with Crippen molar-refractivity contribution in [2.24, 2.45) is 5.92 Å². The Morgan fingerprint density at radius 3 is 2.56 bits per heavy atom. The van der Waals surface area contributed by atoms with Gasteiger partial charge in [0.2, 0.25) is 5.91 Å². The van der Waals surface area contributed by atoms with Gasteiger partial charge in [-0.3, -0.25) is 14.4 Å². The third kappa shape index (κ3) is 3.67. The molecule has 2 amide bonds. The molecule has 7 heteroatoms. The first-order valence-electron chi connectivity index (χ1n) is 10.5. The molecule has 2 heterocycles. The van der Waals surface area contributed by atoms with E-state index in [-0.39, 0.29) is 23.5 Å². The van der Waals surface area contributed by atoms with Crippen molar-refractivity contribution in [2.45, 2.75) is 12.8 Å². The number of piperidine rings is 1. The Labute approximate surface area is 190 Å². The number of benzene rings is 2. The number of carbonyl (C=O) groups is 3. The molecule has 6 nitrogen and oxygen atoms in total. The lowest BCUT2D eigenvalue weighted by Crippen LogP contribution is -2.43. The van der Waals surface area contributed by atoms with Crippen LogP contribution in [0.4, 0.5) is 5.82 Å². The van der Waals surface area contributed by atoms with E-state index in [0.717, 1.165) is 17.5 Å². The highest BCUT2D eigenvalue weighted by Crippen LogP contribution is 2.37. The van der Waals surface area contributed by atoms with E-state index in [4.69, 9.17) is 11.6 Å². The van der Waals surface area contributed by atoms with Crippen LogP contribution in [0.2, 0.25) is 5.02 Å². The largest absolute Gasteiger partial charge is 0.338 e. The van der Waals surface area contributed by atoms with Gasteiger partial charge in [-0.05, 0) is 48.2 Å². The maximum atomic E-state index is 13.2. The minimum atomic E-state index is -0.328. The van der Waals surface area contributed by atoms with Crippen LogP contribution in [-0.4, -0.2) is 40.6 Å². The Morgan fingerprint density at radius 1 is 1.00 bits per heavy atom.